The summed E-state index contributed by atoms with van der Waals surface area (Å²) in [7, 11) is -4.27. The normalized spacial score (nSPS) is 10.6. The van der Waals surface area contributed by atoms with Crippen LogP contribution in [0.3, 0.4) is 0 Å². The third-order valence-corrected chi connectivity index (χ3v) is 3.22. The molecule has 2 aromatic rings. The number of aryl methyl sites for hydroxylation is 1. The minimum Gasteiger partial charge on any atom is -0.744 e. The molecule has 1 aromatic carbocycles. The van der Waals surface area contributed by atoms with Crippen LogP contribution in [-0.4, -0.2) is 18.1 Å². The molecule has 2 rings (SSSR count). The lowest BCUT2D eigenvalue weighted by atomic mass is 10.2. The number of rotatable bonds is 1. The predicted molar refractivity (Wildman–Crippen MR) is 73.1 cm³/mol. The topological polar surface area (TPSA) is 126 Å². The molecule has 0 fully saturated rings. The van der Waals surface area contributed by atoms with E-state index in [2.05, 4.69) is 5.10 Å². The number of anilines is 1. The van der Waals surface area contributed by atoms with E-state index >= 15 is 0 Å². The second-order valence-corrected chi connectivity index (χ2v) is 5.56. The Kier molecular flexibility index (Phi) is 5.26. The molecule has 20 heavy (non-hydrogen) atoms. The van der Waals surface area contributed by atoms with Crippen molar-refractivity contribution in [1.82, 2.24) is 5.10 Å². The van der Waals surface area contributed by atoms with E-state index in [0.29, 0.717) is 11.0 Å². The molecule has 7 nitrogen and oxygen atoms in total. The molecule has 9 heteroatoms. The first kappa shape index (κ1) is 16.2. The monoisotopic (exact) mass is 316 g/mol. The van der Waals surface area contributed by atoms with Gasteiger partial charge in [0.05, 0.1) is 4.90 Å². The molecule has 0 aliphatic rings. The molecule has 0 bridgehead atoms. The first-order valence-electron chi connectivity index (χ1n) is 5.32. The van der Waals surface area contributed by atoms with Gasteiger partial charge in [-0.1, -0.05) is 29.3 Å². The second kappa shape index (κ2) is 6.51. The number of aromatic nitrogens is 2. The van der Waals surface area contributed by atoms with Gasteiger partial charge in [-0.3, -0.25) is 5.73 Å². The van der Waals surface area contributed by atoms with Crippen LogP contribution in [0.1, 0.15) is 5.56 Å². The van der Waals surface area contributed by atoms with Crippen molar-refractivity contribution in [2.24, 2.45) is 0 Å². The summed E-state index contributed by atoms with van der Waals surface area (Å²) >= 11 is 5.45. The van der Waals surface area contributed by atoms with Gasteiger partial charge >= 0.3 is 5.82 Å². The Labute approximate surface area is 121 Å². The van der Waals surface area contributed by atoms with Crippen LogP contribution < -0.4 is 16.4 Å². The van der Waals surface area contributed by atoms with Crippen molar-refractivity contribution < 1.29 is 17.8 Å². The summed E-state index contributed by atoms with van der Waals surface area (Å²) in [5.41, 5.74) is 6.23. The fourth-order valence-electron chi connectivity index (χ4n) is 1.13. The van der Waals surface area contributed by atoms with Gasteiger partial charge in [0.15, 0.2) is 5.15 Å². The quantitative estimate of drug-likeness (QED) is 0.440. The van der Waals surface area contributed by atoms with Crippen molar-refractivity contribution in [2.45, 2.75) is 11.8 Å². The second-order valence-electron chi connectivity index (χ2n) is 3.79. The third kappa shape index (κ3) is 5.00. The molecule has 1 aromatic heterocycles. The number of nitrogens with zero attached hydrogens (tertiary/aromatic N) is 2. The molecule has 108 valence electrons. The van der Waals surface area contributed by atoms with Crippen molar-refractivity contribution in [1.29, 1.82) is 0 Å². The van der Waals surface area contributed by atoms with Gasteiger partial charge in [-0.25, -0.2) is 14.3 Å². The first-order chi connectivity index (χ1) is 9.20. The molecule has 0 aliphatic heterocycles. The summed E-state index contributed by atoms with van der Waals surface area (Å²) in [5.74, 6) is 5.59. The summed E-state index contributed by atoms with van der Waals surface area (Å²) in [6, 6.07) is 8.93. The maximum absolute atomic E-state index is 10.4. The first-order valence-corrected chi connectivity index (χ1v) is 7.11. The highest BCUT2D eigenvalue weighted by Gasteiger charge is 2.00. The molecule has 4 N–H and O–H groups in total. The van der Waals surface area contributed by atoms with Gasteiger partial charge in [-0.05, 0) is 35.0 Å². The van der Waals surface area contributed by atoms with Gasteiger partial charge < -0.3 is 4.55 Å². The van der Waals surface area contributed by atoms with Crippen LogP contribution in [0.4, 0.5) is 5.82 Å². The fraction of sp³-hybridized carbons (Fsp3) is 0.0909. The minimum absolute atomic E-state index is 0.178. The van der Waals surface area contributed by atoms with Crippen molar-refractivity contribution in [3.05, 3.63) is 47.1 Å². The van der Waals surface area contributed by atoms with Gasteiger partial charge in [0.2, 0.25) is 0 Å². The van der Waals surface area contributed by atoms with Crippen molar-refractivity contribution in [3.8, 4) is 0 Å². The Bertz CT molecular complexity index is 689. The lowest BCUT2D eigenvalue weighted by Crippen LogP contribution is -2.50. The van der Waals surface area contributed by atoms with Crippen LogP contribution in [0.15, 0.2) is 41.3 Å². The molecule has 0 unspecified atom stereocenters. The lowest BCUT2D eigenvalue weighted by Gasteiger charge is -2.05. The van der Waals surface area contributed by atoms with E-state index in [9.17, 15) is 13.0 Å². The predicted octanol–water partition coefficient (Wildman–Crippen LogP) is 0.218. The van der Waals surface area contributed by atoms with E-state index < -0.39 is 10.1 Å². The Balaban J connectivity index is 0.000000204. The van der Waals surface area contributed by atoms with Gasteiger partial charge in [0, 0.05) is 6.07 Å². The molecule has 0 amide bonds. The summed E-state index contributed by atoms with van der Waals surface area (Å²) in [6.45, 7) is 1.82. The van der Waals surface area contributed by atoms with Crippen LogP contribution in [-0.2, 0) is 10.1 Å². The van der Waals surface area contributed by atoms with E-state index in [1.807, 2.05) is 6.92 Å². The largest absolute Gasteiger partial charge is 0.744 e. The van der Waals surface area contributed by atoms with Crippen molar-refractivity contribution in [2.75, 3.05) is 11.6 Å². The zero-order chi connectivity index (χ0) is 15.3. The van der Waals surface area contributed by atoms with E-state index in [1.54, 1.807) is 24.3 Å². The summed E-state index contributed by atoms with van der Waals surface area (Å²) in [6.07, 6.45) is 0. The van der Waals surface area contributed by atoms with Crippen LogP contribution >= 0.6 is 11.6 Å². The molecule has 0 radical (unpaired) electrons. The van der Waals surface area contributed by atoms with Crippen LogP contribution in [0.5, 0.6) is 0 Å². The molecular formula is C11H13ClN4O3S. The number of benzene rings is 1. The molecule has 0 spiro atoms. The minimum atomic E-state index is -4.27. The summed E-state index contributed by atoms with van der Waals surface area (Å²) in [4.78, 5) is 0.839. The maximum atomic E-state index is 10.4. The Morgan fingerprint density at radius 1 is 1.20 bits per heavy atom. The van der Waals surface area contributed by atoms with Crippen molar-refractivity contribution >= 4 is 27.5 Å². The number of hydrogen-bond acceptors (Lipinski definition) is 6. The SMILES string of the molecule is Cc1ccc(S(=O)(=O)[O-])cc1.Nc1ccc(Cl)n[n+]1N. The smallest absolute Gasteiger partial charge is 0.318 e. The van der Waals surface area contributed by atoms with Crippen LogP contribution in [0.25, 0.3) is 0 Å². The lowest BCUT2D eigenvalue weighted by molar-refractivity contribution is -0.686. The number of halogens is 1. The van der Waals surface area contributed by atoms with E-state index in [-0.39, 0.29) is 4.90 Å². The van der Waals surface area contributed by atoms with Gasteiger partial charge in [0.1, 0.15) is 10.1 Å². The maximum Gasteiger partial charge on any atom is 0.318 e. The number of nitrogen functional groups attached to an aromatic ring is 2. The highest BCUT2D eigenvalue weighted by molar-refractivity contribution is 7.85. The number of hydrogen-bond donors (Lipinski definition) is 2. The van der Waals surface area contributed by atoms with Gasteiger partial charge in [0.25, 0.3) is 0 Å². The van der Waals surface area contributed by atoms with E-state index in [4.69, 9.17) is 23.2 Å². The highest BCUT2D eigenvalue weighted by Crippen LogP contribution is 2.08. The Hall–Kier alpha value is -1.90. The fourth-order valence-corrected chi connectivity index (χ4v) is 1.74. The van der Waals surface area contributed by atoms with E-state index in [0.717, 1.165) is 10.4 Å². The molecule has 0 aliphatic carbocycles. The third-order valence-electron chi connectivity index (χ3n) is 2.17. The standard InChI is InChI=1S/C7H8O3S.C4H5ClN4/c1-6-2-4-7(5-3-6)11(8,9)10;5-3-1-2-4(6)9(7)8-3/h2-5H,1H3,(H,8,9,10);1-2,6H,7H2. The van der Waals surface area contributed by atoms with Crippen LogP contribution in [0.2, 0.25) is 5.15 Å². The summed E-state index contributed by atoms with van der Waals surface area (Å²) < 4.78 is 31.2. The molecule has 1 heterocycles. The molecule has 0 atom stereocenters. The average molecular weight is 317 g/mol. The molecule has 0 saturated carbocycles. The average Bonchev–Trinajstić information content (AvgIpc) is 2.34. The molecule has 0 saturated heterocycles. The Morgan fingerprint density at radius 2 is 1.75 bits per heavy atom. The van der Waals surface area contributed by atoms with Gasteiger partial charge in [-0.2, -0.15) is 0 Å². The highest BCUT2D eigenvalue weighted by atomic mass is 35.5. The van der Waals surface area contributed by atoms with Gasteiger partial charge in [-0.15, -0.1) is 0 Å². The molecular weight excluding hydrogens is 304 g/mol. The number of nitrogens with two attached hydrogens (primary N) is 2. The van der Waals surface area contributed by atoms with Crippen LogP contribution in [0, 0.1) is 6.92 Å². The zero-order valence-electron chi connectivity index (χ0n) is 10.5. The van der Waals surface area contributed by atoms with Crippen molar-refractivity contribution in [3.63, 3.8) is 0 Å². The Morgan fingerprint density at radius 3 is 2.15 bits per heavy atom. The zero-order valence-corrected chi connectivity index (χ0v) is 12.1. The summed E-state index contributed by atoms with van der Waals surface area (Å²) in [5, 5.41) is 3.93. The van der Waals surface area contributed by atoms with E-state index in [1.165, 1.54) is 12.1 Å².